The van der Waals surface area contributed by atoms with Crippen molar-refractivity contribution < 1.29 is 9.63 Å². The molecule has 84 valence electrons. The Balaban J connectivity index is 2.15. The Kier molecular flexibility index (Phi) is 3.17. The van der Waals surface area contributed by atoms with Crippen molar-refractivity contribution in [3.63, 3.8) is 0 Å². The van der Waals surface area contributed by atoms with Gasteiger partial charge < -0.3 is 4.84 Å². The Morgan fingerprint density at radius 2 is 2.19 bits per heavy atom. The highest BCUT2D eigenvalue weighted by Crippen LogP contribution is 2.24. The number of halogens is 1. The Hall–Kier alpha value is -1.46. The topological polar surface area (TPSA) is 63.0 Å². The van der Waals surface area contributed by atoms with Crippen LogP contribution in [0.25, 0.3) is 0 Å². The van der Waals surface area contributed by atoms with Gasteiger partial charge in [-0.25, -0.2) is 4.79 Å². The van der Waals surface area contributed by atoms with Gasteiger partial charge in [0.2, 0.25) is 0 Å². The summed E-state index contributed by atoms with van der Waals surface area (Å²) in [6.45, 7) is 1.79. The summed E-state index contributed by atoms with van der Waals surface area (Å²) >= 11 is 5.90. The molecule has 0 amide bonds. The van der Waals surface area contributed by atoms with Crippen LogP contribution in [0.1, 0.15) is 6.92 Å². The maximum Gasteiger partial charge on any atom is 0.353 e. The molecule has 16 heavy (non-hydrogen) atoms. The minimum atomic E-state index is -0.615. The number of carbonyl (C=O) groups is 1. The average molecular weight is 240 g/mol. The minimum absolute atomic E-state index is 0.182. The molecule has 0 radical (unpaired) electrons. The number of benzene rings is 1. The molecule has 0 aliphatic carbocycles. The molecule has 1 aromatic carbocycles. The predicted molar refractivity (Wildman–Crippen MR) is 58.4 cm³/mol. The Bertz CT molecular complexity index is 436. The van der Waals surface area contributed by atoms with Gasteiger partial charge in [0.15, 0.2) is 6.04 Å². The molecule has 1 heterocycles. The van der Waals surface area contributed by atoms with Crippen molar-refractivity contribution in [2.24, 2.45) is 10.2 Å². The first kappa shape index (κ1) is 11.0. The molecule has 2 rings (SSSR count). The van der Waals surface area contributed by atoms with E-state index in [1.165, 1.54) is 0 Å². The second-order valence-electron chi connectivity index (χ2n) is 3.44. The summed E-state index contributed by atoms with van der Waals surface area (Å²) in [7, 11) is 0. The molecule has 0 unspecified atom stereocenters. The van der Waals surface area contributed by atoms with E-state index >= 15 is 0 Å². The first-order valence-corrected chi connectivity index (χ1v) is 5.18. The molecule has 0 saturated carbocycles. The molecule has 2 atom stereocenters. The molecule has 0 aromatic heterocycles. The number of nitrogens with one attached hydrogen (secondary N) is 1. The monoisotopic (exact) mass is 239 g/mol. The van der Waals surface area contributed by atoms with Crippen molar-refractivity contribution in [3.05, 3.63) is 29.3 Å². The highest BCUT2D eigenvalue weighted by molar-refractivity contribution is 6.32. The summed E-state index contributed by atoms with van der Waals surface area (Å²) in [5.41, 5.74) is 3.07. The van der Waals surface area contributed by atoms with E-state index in [1.54, 1.807) is 31.2 Å². The third-order valence-corrected chi connectivity index (χ3v) is 2.52. The molecular formula is C10H10ClN3O2. The van der Waals surface area contributed by atoms with Gasteiger partial charge in [0.1, 0.15) is 5.69 Å². The van der Waals surface area contributed by atoms with Gasteiger partial charge in [0.05, 0.1) is 11.1 Å². The molecule has 1 aliphatic heterocycles. The molecule has 6 heteroatoms. The lowest BCUT2D eigenvalue weighted by atomic mass is 10.2. The van der Waals surface area contributed by atoms with E-state index in [1.807, 2.05) is 0 Å². The van der Waals surface area contributed by atoms with E-state index in [9.17, 15) is 4.79 Å². The number of hydroxylamine groups is 1. The van der Waals surface area contributed by atoms with Crippen molar-refractivity contribution in [1.29, 1.82) is 0 Å². The zero-order chi connectivity index (χ0) is 11.5. The number of carbonyl (C=O) groups excluding carboxylic acids is 1. The van der Waals surface area contributed by atoms with Crippen LogP contribution < -0.4 is 5.48 Å². The fourth-order valence-electron chi connectivity index (χ4n) is 1.28. The lowest BCUT2D eigenvalue weighted by Gasteiger charge is -2.02. The first-order valence-electron chi connectivity index (χ1n) is 4.80. The number of azo groups is 1. The van der Waals surface area contributed by atoms with E-state index in [-0.39, 0.29) is 6.04 Å². The van der Waals surface area contributed by atoms with Gasteiger partial charge in [-0.2, -0.15) is 10.2 Å². The summed E-state index contributed by atoms with van der Waals surface area (Å²) in [6.07, 6.45) is 0. The van der Waals surface area contributed by atoms with Crippen LogP contribution in [0.15, 0.2) is 34.5 Å². The predicted octanol–water partition coefficient (Wildman–Crippen LogP) is 2.24. The number of nitrogens with zero attached hydrogens (tertiary/aromatic N) is 2. The second-order valence-corrected chi connectivity index (χ2v) is 3.85. The van der Waals surface area contributed by atoms with Crippen LogP contribution in [0.4, 0.5) is 5.69 Å². The molecule has 1 saturated heterocycles. The minimum Gasteiger partial charge on any atom is -0.368 e. The third-order valence-electron chi connectivity index (χ3n) is 2.20. The van der Waals surface area contributed by atoms with E-state index in [4.69, 9.17) is 11.6 Å². The zero-order valence-electron chi connectivity index (χ0n) is 8.55. The van der Waals surface area contributed by atoms with Crippen molar-refractivity contribution in [1.82, 2.24) is 5.48 Å². The van der Waals surface area contributed by atoms with E-state index in [2.05, 4.69) is 20.5 Å². The van der Waals surface area contributed by atoms with Crippen LogP contribution in [0.2, 0.25) is 5.02 Å². The molecule has 0 spiro atoms. The van der Waals surface area contributed by atoms with Gasteiger partial charge in [0, 0.05) is 0 Å². The van der Waals surface area contributed by atoms with Crippen molar-refractivity contribution in [2.75, 3.05) is 0 Å². The van der Waals surface area contributed by atoms with Crippen molar-refractivity contribution in [2.45, 2.75) is 19.0 Å². The average Bonchev–Trinajstić information content (AvgIpc) is 2.58. The maximum atomic E-state index is 11.2. The van der Waals surface area contributed by atoms with Crippen LogP contribution in [-0.2, 0) is 9.63 Å². The van der Waals surface area contributed by atoms with Crippen molar-refractivity contribution >= 4 is 23.3 Å². The van der Waals surface area contributed by atoms with Gasteiger partial charge in [0.25, 0.3) is 0 Å². The third kappa shape index (κ3) is 2.20. The summed E-state index contributed by atoms with van der Waals surface area (Å²) < 4.78 is 0. The molecule has 1 fully saturated rings. The van der Waals surface area contributed by atoms with Crippen LogP contribution in [0.3, 0.4) is 0 Å². The quantitative estimate of drug-likeness (QED) is 0.805. The van der Waals surface area contributed by atoms with Crippen LogP contribution in [0, 0.1) is 0 Å². The largest absolute Gasteiger partial charge is 0.368 e. The van der Waals surface area contributed by atoms with E-state index in [0.717, 1.165) is 0 Å². The molecule has 1 aliphatic rings. The molecule has 0 bridgehead atoms. The standard InChI is InChI=1S/C10H10ClN3O2/c1-6-9(10(15)16-14-6)13-12-8-5-3-2-4-7(8)11/h2-6,9,14H,1H3/t6-,9-/m0/s1. The SMILES string of the molecule is C[C@@H]1NOC(=O)[C@H]1N=Nc1ccccc1Cl. The Morgan fingerprint density at radius 1 is 1.44 bits per heavy atom. The second kappa shape index (κ2) is 4.59. The number of hydrogen-bond acceptors (Lipinski definition) is 5. The zero-order valence-corrected chi connectivity index (χ0v) is 9.31. The fourth-order valence-corrected chi connectivity index (χ4v) is 1.46. The number of rotatable bonds is 2. The van der Waals surface area contributed by atoms with Gasteiger partial charge in [-0.1, -0.05) is 23.7 Å². The maximum absolute atomic E-state index is 11.2. The van der Waals surface area contributed by atoms with Crippen LogP contribution >= 0.6 is 11.6 Å². The highest BCUT2D eigenvalue weighted by Gasteiger charge is 2.34. The summed E-state index contributed by atoms with van der Waals surface area (Å²) in [5, 5.41) is 8.36. The molecular weight excluding hydrogens is 230 g/mol. The first-order chi connectivity index (χ1) is 7.68. The Labute approximate surface area is 97.4 Å². The van der Waals surface area contributed by atoms with E-state index in [0.29, 0.717) is 10.7 Å². The normalized spacial score (nSPS) is 25.0. The lowest BCUT2D eigenvalue weighted by molar-refractivity contribution is -0.143. The van der Waals surface area contributed by atoms with Crippen LogP contribution in [-0.4, -0.2) is 18.1 Å². The fraction of sp³-hybridized carbons (Fsp3) is 0.300. The van der Waals surface area contributed by atoms with Gasteiger partial charge in [-0.05, 0) is 19.1 Å². The number of hydrogen-bond donors (Lipinski definition) is 1. The van der Waals surface area contributed by atoms with Gasteiger partial charge >= 0.3 is 5.97 Å². The molecule has 5 nitrogen and oxygen atoms in total. The van der Waals surface area contributed by atoms with Crippen molar-refractivity contribution in [3.8, 4) is 0 Å². The molecule has 1 N–H and O–H groups in total. The van der Waals surface area contributed by atoms with Gasteiger partial charge in [-0.3, -0.25) is 0 Å². The lowest BCUT2D eigenvalue weighted by Crippen LogP contribution is -2.26. The van der Waals surface area contributed by atoms with E-state index < -0.39 is 12.0 Å². The summed E-state index contributed by atoms with van der Waals surface area (Å²) in [6, 6.07) is 6.24. The smallest absolute Gasteiger partial charge is 0.353 e. The molecule has 1 aromatic rings. The van der Waals surface area contributed by atoms with Crippen LogP contribution in [0.5, 0.6) is 0 Å². The highest BCUT2D eigenvalue weighted by atomic mass is 35.5. The van der Waals surface area contributed by atoms with Gasteiger partial charge in [-0.15, -0.1) is 5.48 Å². The summed E-state index contributed by atoms with van der Waals surface area (Å²) in [5.74, 6) is -0.427. The summed E-state index contributed by atoms with van der Waals surface area (Å²) in [4.78, 5) is 15.8. The Morgan fingerprint density at radius 3 is 2.81 bits per heavy atom.